The van der Waals surface area contributed by atoms with E-state index >= 15 is 0 Å². The van der Waals surface area contributed by atoms with Gasteiger partial charge in [0.25, 0.3) is 0 Å². The number of rotatable bonds is 9. The molecule has 0 saturated carbocycles. The van der Waals surface area contributed by atoms with Crippen molar-refractivity contribution in [3.8, 4) is 12.0 Å². The van der Waals surface area contributed by atoms with Crippen LogP contribution in [0, 0.1) is 0 Å². The minimum absolute atomic E-state index is 0.228. The molecule has 1 heterocycles. The van der Waals surface area contributed by atoms with Crippen molar-refractivity contribution in [2.45, 2.75) is 19.8 Å². The first-order valence-electron chi connectivity index (χ1n) is 5.95. The van der Waals surface area contributed by atoms with Crippen molar-refractivity contribution in [3.05, 3.63) is 0 Å². The van der Waals surface area contributed by atoms with Crippen molar-refractivity contribution < 1.29 is 14.2 Å². The van der Waals surface area contributed by atoms with E-state index in [4.69, 9.17) is 14.2 Å². The van der Waals surface area contributed by atoms with Gasteiger partial charge in [-0.2, -0.15) is 9.97 Å². The monoisotopic (exact) mass is 256 g/mol. The molecule has 1 aromatic rings. The van der Waals surface area contributed by atoms with Crippen LogP contribution in [0.1, 0.15) is 19.8 Å². The molecule has 0 radical (unpaired) electrons. The maximum atomic E-state index is 5.37. The molecular weight excluding hydrogens is 236 g/mol. The van der Waals surface area contributed by atoms with Crippen LogP contribution in [0.2, 0.25) is 0 Å². The Hall–Kier alpha value is -1.63. The molecule has 1 N–H and O–H groups in total. The summed E-state index contributed by atoms with van der Waals surface area (Å²) in [6.07, 6.45) is 1.92. The third kappa shape index (κ3) is 5.13. The van der Waals surface area contributed by atoms with Crippen LogP contribution in [0.4, 0.5) is 5.95 Å². The predicted molar refractivity (Wildman–Crippen MR) is 67.1 cm³/mol. The van der Waals surface area contributed by atoms with E-state index in [1.807, 2.05) is 0 Å². The minimum atomic E-state index is 0.228. The van der Waals surface area contributed by atoms with Gasteiger partial charge in [0.15, 0.2) is 0 Å². The van der Waals surface area contributed by atoms with Crippen molar-refractivity contribution >= 4 is 5.95 Å². The molecule has 7 heteroatoms. The Balaban J connectivity index is 2.36. The summed E-state index contributed by atoms with van der Waals surface area (Å²) in [5.74, 6) is 0.439. The molecule has 0 aliphatic carbocycles. The van der Waals surface area contributed by atoms with E-state index in [1.165, 1.54) is 14.2 Å². The molecule has 7 nitrogen and oxygen atoms in total. The maximum Gasteiger partial charge on any atom is 0.324 e. The van der Waals surface area contributed by atoms with Crippen LogP contribution in [-0.2, 0) is 4.74 Å². The molecule has 102 valence electrons. The fraction of sp³-hybridized carbons (Fsp3) is 0.727. The van der Waals surface area contributed by atoms with Crippen LogP contribution >= 0.6 is 0 Å². The second kappa shape index (κ2) is 8.46. The molecule has 0 saturated heterocycles. The Bertz CT molecular complexity index is 327. The van der Waals surface area contributed by atoms with Gasteiger partial charge in [-0.05, 0) is 12.8 Å². The Morgan fingerprint density at radius 1 is 1.00 bits per heavy atom. The molecular formula is C11H20N4O3. The third-order valence-corrected chi connectivity index (χ3v) is 2.06. The van der Waals surface area contributed by atoms with E-state index in [9.17, 15) is 0 Å². The molecule has 18 heavy (non-hydrogen) atoms. The van der Waals surface area contributed by atoms with E-state index in [1.54, 1.807) is 0 Å². The zero-order valence-electron chi connectivity index (χ0n) is 11.1. The number of methoxy groups -OCH3 is 2. The zero-order valence-corrected chi connectivity index (χ0v) is 11.1. The molecule has 0 bridgehead atoms. The Kier molecular flexibility index (Phi) is 6.78. The Labute approximate surface area is 107 Å². The van der Waals surface area contributed by atoms with Crippen LogP contribution in [0.5, 0.6) is 12.0 Å². The van der Waals surface area contributed by atoms with Gasteiger partial charge in [0.05, 0.1) is 14.2 Å². The van der Waals surface area contributed by atoms with Gasteiger partial charge < -0.3 is 19.5 Å². The van der Waals surface area contributed by atoms with Crippen LogP contribution in [-0.4, -0.2) is 48.9 Å². The Morgan fingerprint density at radius 2 is 1.67 bits per heavy atom. The SMILES string of the molecule is CCCOCCCNc1nc(OC)nc(OC)n1. The normalized spacial score (nSPS) is 10.2. The first-order chi connectivity index (χ1) is 8.80. The summed E-state index contributed by atoms with van der Waals surface area (Å²) in [5.41, 5.74) is 0. The third-order valence-electron chi connectivity index (χ3n) is 2.06. The molecule has 1 aromatic heterocycles. The van der Waals surface area contributed by atoms with E-state index in [0.29, 0.717) is 5.95 Å². The lowest BCUT2D eigenvalue weighted by Crippen LogP contribution is -2.10. The van der Waals surface area contributed by atoms with Crippen molar-refractivity contribution in [2.24, 2.45) is 0 Å². The molecule has 0 unspecified atom stereocenters. The van der Waals surface area contributed by atoms with Gasteiger partial charge in [0, 0.05) is 19.8 Å². The lowest BCUT2D eigenvalue weighted by Gasteiger charge is -2.07. The summed E-state index contributed by atoms with van der Waals surface area (Å²) >= 11 is 0. The lowest BCUT2D eigenvalue weighted by molar-refractivity contribution is 0.134. The highest BCUT2D eigenvalue weighted by atomic mass is 16.5. The second-order valence-electron chi connectivity index (χ2n) is 3.53. The Morgan fingerprint density at radius 3 is 2.22 bits per heavy atom. The summed E-state index contributed by atoms with van der Waals surface area (Å²) in [6.45, 7) is 4.33. The fourth-order valence-electron chi connectivity index (χ4n) is 1.22. The first kappa shape index (κ1) is 14.4. The average molecular weight is 256 g/mol. The van der Waals surface area contributed by atoms with Gasteiger partial charge in [-0.3, -0.25) is 0 Å². The van der Waals surface area contributed by atoms with E-state index in [2.05, 4.69) is 27.2 Å². The molecule has 0 aromatic carbocycles. The first-order valence-corrected chi connectivity index (χ1v) is 5.95. The smallest absolute Gasteiger partial charge is 0.324 e. The summed E-state index contributed by atoms with van der Waals surface area (Å²) in [4.78, 5) is 12.0. The number of hydrogen-bond acceptors (Lipinski definition) is 7. The molecule has 0 amide bonds. The number of aromatic nitrogens is 3. The van der Waals surface area contributed by atoms with Gasteiger partial charge >= 0.3 is 12.0 Å². The highest BCUT2D eigenvalue weighted by Crippen LogP contribution is 2.11. The summed E-state index contributed by atoms with van der Waals surface area (Å²) in [7, 11) is 2.99. The van der Waals surface area contributed by atoms with Gasteiger partial charge in [0.1, 0.15) is 0 Å². The lowest BCUT2D eigenvalue weighted by atomic mass is 10.4. The summed E-state index contributed by atoms with van der Waals surface area (Å²) in [5, 5.41) is 3.07. The molecule has 0 fully saturated rings. The van der Waals surface area contributed by atoms with Gasteiger partial charge in [-0.1, -0.05) is 6.92 Å². The molecule has 0 aliphatic rings. The summed E-state index contributed by atoms with van der Waals surface area (Å²) < 4.78 is 15.3. The molecule has 1 rings (SSSR count). The van der Waals surface area contributed by atoms with Crippen LogP contribution in [0.15, 0.2) is 0 Å². The van der Waals surface area contributed by atoms with Crippen LogP contribution < -0.4 is 14.8 Å². The number of nitrogens with one attached hydrogen (secondary N) is 1. The van der Waals surface area contributed by atoms with Gasteiger partial charge in [-0.15, -0.1) is 4.98 Å². The van der Waals surface area contributed by atoms with Crippen molar-refractivity contribution in [2.75, 3.05) is 39.3 Å². The predicted octanol–water partition coefficient (Wildman–Crippen LogP) is 1.12. The molecule has 0 atom stereocenters. The fourth-order valence-corrected chi connectivity index (χ4v) is 1.22. The van der Waals surface area contributed by atoms with Crippen LogP contribution in [0.25, 0.3) is 0 Å². The number of anilines is 1. The largest absolute Gasteiger partial charge is 0.467 e. The molecule has 0 aliphatic heterocycles. The van der Waals surface area contributed by atoms with Gasteiger partial charge in [0.2, 0.25) is 5.95 Å². The number of hydrogen-bond donors (Lipinski definition) is 1. The van der Waals surface area contributed by atoms with Crippen molar-refractivity contribution in [3.63, 3.8) is 0 Å². The maximum absolute atomic E-state index is 5.37. The minimum Gasteiger partial charge on any atom is -0.467 e. The van der Waals surface area contributed by atoms with Crippen molar-refractivity contribution in [1.82, 2.24) is 15.0 Å². The number of nitrogens with zero attached hydrogens (tertiary/aromatic N) is 3. The summed E-state index contributed by atoms with van der Waals surface area (Å²) in [6, 6.07) is 0.457. The van der Waals surface area contributed by atoms with E-state index < -0.39 is 0 Å². The number of ether oxygens (including phenoxy) is 3. The second-order valence-corrected chi connectivity index (χ2v) is 3.53. The average Bonchev–Trinajstić information content (AvgIpc) is 2.42. The van der Waals surface area contributed by atoms with Crippen molar-refractivity contribution in [1.29, 1.82) is 0 Å². The molecule has 0 spiro atoms. The van der Waals surface area contributed by atoms with E-state index in [0.717, 1.165) is 32.6 Å². The van der Waals surface area contributed by atoms with Crippen LogP contribution in [0.3, 0.4) is 0 Å². The van der Waals surface area contributed by atoms with E-state index in [-0.39, 0.29) is 12.0 Å². The van der Waals surface area contributed by atoms with Gasteiger partial charge in [-0.25, -0.2) is 0 Å². The quantitative estimate of drug-likeness (QED) is 0.663. The highest BCUT2D eigenvalue weighted by molar-refractivity contribution is 5.27. The highest BCUT2D eigenvalue weighted by Gasteiger charge is 2.05. The zero-order chi connectivity index (χ0) is 13.2. The standard InChI is InChI=1S/C11H20N4O3/c1-4-7-18-8-5-6-12-9-13-10(16-2)15-11(14-9)17-3/h4-8H2,1-3H3,(H,12,13,14,15). The topological polar surface area (TPSA) is 78.4 Å².